The van der Waals surface area contributed by atoms with Gasteiger partial charge in [-0.3, -0.25) is 19.7 Å². The van der Waals surface area contributed by atoms with Gasteiger partial charge in [0, 0.05) is 50.8 Å². The number of pyridine rings is 1. The molecule has 38 heavy (non-hydrogen) atoms. The highest BCUT2D eigenvalue weighted by atomic mass is 35.5. The first-order valence-corrected chi connectivity index (χ1v) is 13.6. The largest absolute Gasteiger partial charge is 0.353 e. The second kappa shape index (κ2) is 10.9. The number of nitrogens with one attached hydrogen (secondary N) is 1. The molecule has 7 nitrogen and oxygen atoms in total. The van der Waals surface area contributed by atoms with Gasteiger partial charge in [-0.05, 0) is 59.2 Å². The molecule has 6 rings (SSSR count). The van der Waals surface area contributed by atoms with Crippen molar-refractivity contribution in [2.75, 3.05) is 36.4 Å². The van der Waals surface area contributed by atoms with Crippen LogP contribution in [0.1, 0.15) is 15.2 Å². The van der Waals surface area contributed by atoms with Crippen LogP contribution < -0.4 is 10.2 Å². The first kappa shape index (κ1) is 24.5. The topological polar surface area (TPSA) is 74.2 Å². The van der Waals surface area contributed by atoms with Crippen molar-refractivity contribution in [3.05, 3.63) is 100 Å². The Bertz CT molecular complexity index is 1570. The quantitative estimate of drug-likeness (QED) is 0.285. The molecule has 0 atom stereocenters. The summed E-state index contributed by atoms with van der Waals surface area (Å²) in [5.41, 5.74) is 5.79. The number of thiophene rings is 1. The maximum atomic E-state index is 12.4. The van der Waals surface area contributed by atoms with Gasteiger partial charge in [0.1, 0.15) is 5.82 Å². The van der Waals surface area contributed by atoms with Crippen molar-refractivity contribution in [2.24, 2.45) is 0 Å². The third kappa shape index (κ3) is 5.52. The summed E-state index contributed by atoms with van der Waals surface area (Å²) in [7, 11) is 0. The zero-order valence-corrected chi connectivity index (χ0v) is 22.1. The number of hydrogen-bond acceptors (Lipinski definition) is 7. The van der Waals surface area contributed by atoms with Crippen LogP contribution in [0.4, 0.5) is 11.5 Å². The molecule has 1 aliphatic heterocycles. The molecule has 9 heteroatoms. The Morgan fingerprint density at radius 3 is 2.47 bits per heavy atom. The van der Waals surface area contributed by atoms with E-state index in [1.807, 2.05) is 55.0 Å². The zero-order valence-electron chi connectivity index (χ0n) is 20.5. The zero-order chi connectivity index (χ0) is 25.9. The van der Waals surface area contributed by atoms with Crippen LogP contribution in [0, 0.1) is 0 Å². The van der Waals surface area contributed by atoms with Crippen molar-refractivity contribution in [2.45, 2.75) is 6.54 Å². The molecule has 1 fully saturated rings. The second-order valence-electron chi connectivity index (χ2n) is 9.19. The Kier molecular flexibility index (Phi) is 7.00. The van der Waals surface area contributed by atoms with E-state index in [0.717, 1.165) is 66.4 Å². The smallest absolute Gasteiger partial charge is 0.265 e. The number of halogens is 1. The monoisotopic (exact) mass is 540 g/mol. The molecule has 0 radical (unpaired) electrons. The Labute approximate surface area is 229 Å². The third-order valence-electron chi connectivity index (χ3n) is 6.63. The standard InChI is InChI=1S/C29H25ClN6OS/c30-27-10-9-26(38-27)29(37)33-23-6-3-21(4-7-23)22-5-8-24-25(16-22)34-28(18-32-24)36-14-12-35(13-15-36)19-20-2-1-11-31-17-20/h1-11,16-18H,12-15,19H2,(H,33,37). The molecule has 0 unspecified atom stereocenters. The molecule has 0 aliphatic carbocycles. The molecule has 3 aromatic heterocycles. The summed E-state index contributed by atoms with van der Waals surface area (Å²) < 4.78 is 0.594. The molecule has 1 amide bonds. The fourth-order valence-corrected chi connectivity index (χ4v) is 5.53. The maximum Gasteiger partial charge on any atom is 0.265 e. The van der Waals surface area contributed by atoms with Gasteiger partial charge in [-0.2, -0.15) is 0 Å². The van der Waals surface area contributed by atoms with E-state index in [9.17, 15) is 4.79 Å². The maximum absolute atomic E-state index is 12.4. The number of nitrogens with zero attached hydrogens (tertiary/aromatic N) is 5. The van der Waals surface area contributed by atoms with E-state index < -0.39 is 0 Å². The molecule has 0 saturated carbocycles. The highest BCUT2D eigenvalue weighted by molar-refractivity contribution is 7.18. The average Bonchev–Trinajstić information content (AvgIpc) is 3.40. The van der Waals surface area contributed by atoms with Crippen molar-refractivity contribution in [1.82, 2.24) is 19.9 Å². The minimum absolute atomic E-state index is 0.166. The van der Waals surface area contributed by atoms with E-state index >= 15 is 0 Å². The van der Waals surface area contributed by atoms with Gasteiger partial charge >= 0.3 is 0 Å². The van der Waals surface area contributed by atoms with Crippen molar-refractivity contribution in [3.63, 3.8) is 0 Å². The molecule has 4 heterocycles. The van der Waals surface area contributed by atoms with E-state index in [-0.39, 0.29) is 5.91 Å². The predicted molar refractivity (Wildman–Crippen MR) is 154 cm³/mol. The second-order valence-corrected chi connectivity index (χ2v) is 10.9. The first-order valence-electron chi connectivity index (χ1n) is 12.4. The molecule has 0 bridgehead atoms. The van der Waals surface area contributed by atoms with E-state index in [1.165, 1.54) is 16.9 Å². The number of carbonyl (C=O) groups is 1. The van der Waals surface area contributed by atoms with Crippen LogP contribution in [0.3, 0.4) is 0 Å². The summed E-state index contributed by atoms with van der Waals surface area (Å²) in [6.45, 7) is 4.67. The van der Waals surface area contributed by atoms with Crippen LogP contribution >= 0.6 is 22.9 Å². The number of carbonyl (C=O) groups excluding carboxylic acids is 1. The predicted octanol–water partition coefficient (Wildman–Crippen LogP) is 5.98. The van der Waals surface area contributed by atoms with Gasteiger partial charge in [-0.25, -0.2) is 4.98 Å². The fourth-order valence-electron chi connectivity index (χ4n) is 4.59. The Hall–Kier alpha value is -3.85. The van der Waals surface area contributed by atoms with Gasteiger partial charge < -0.3 is 10.2 Å². The fraction of sp³-hybridized carbons (Fsp3) is 0.172. The summed E-state index contributed by atoms with van der Waals surface area (Å²) in [6.07, 6.45) is 5.62. The van der Waals surface area contributed by atoms with Gasteiger partial charge in [0.25, 0.3) is 5.91 Å². The van der Waals surface area contributed by atoms with Gasteiger partial charge in [0.2, 0.25) is 0 Å². The number of piperazine rings is 1. The summed E-state index contributed by atoms with van der Waals surface area (Å²) in [6, 6.07) is 21.5. The highest BCUT2D eigenvalue weighted by Gasteiger charge is 2.19. The minimum atomic E-state index is -0.166. The molecular formula is C29H25ClN6OS. The lowest BCUT2D eigenvalue weighted by Gasteiger charge is -2.35. The molecular weight excluding hydrogens is 516 g/mol. The van der Waals surface area contributed by atoms with E-state index in [0.29, 0.717) is 9.21 Å². The van der Waals surface area contributed by atoms with Crippen LogP contribution in [0.15, 0.2) is 85.3 Å². The number of anilines is 2. The summed E-state index contributed by atoms with van der Waals surface area (Å²) in [4.78, 5) is 31.6. The van der Waals surface area contributed by atoms with E-state index in [1.54, 1.807) is 12.1 Å². The lowest BCUT2D eigenvalue weighted by molar-refractivity contribution is 0.103. The molecule has 0 spiro atoms. The number of aromatic nitrogens is 3. The van der Waals surface area contributed by atoms with Gasteiger partial charge in [0.15, 0.2) is 0 Å². The Morgan fingerprint density at radius 1 is 0.921 bits per heavy atom. The minimum Gasteiger partial charge on any atom is -0.353 e. The number of hydrogen-bond donors (Lipinski definition) is 1. The number of amides is 1. The molecule has 2 aromatic carbocycles. The van der Waals surface area contributed by atoms with Crippen molar-refractivity contribution < 1.29 is 4.79 Å². The molecule has 1 aliphatic rings. The molecule has 190 valence electrons. The van der Waals surface area contributed by atoms with Crippen molar-refractivity contribution in [3.8, 4) is 11.1 Å². The summed E-state index contributed by atoms with van der Waals surface area (Å²) in [5, 5.41) is 2.92. The molecule has 1 saturated heterocycles. The molecule has 1 N–H and O–H groups in total. The van der Waals surface area contributed by atoms with Gasteiger partial charge in [-0.15, -0.1) is 11.3 Å². The number of benzene rings is 2. The number of fused-ring (bicyclic) bond motifs is 1. The summed E-state index contributed by atoms with van der Waals surface area (Å²) >= 11 is 7.21. The lowest BCUT2D eigenvalue weighted by atomic mass is 10.0. The molecule has 5 aromatic rings. The van der Waals surface area contributed by atoms with Crippen LogP contribution in [-0.4, -0.2) is 51.9 Å². The van der Waals surface area contributed by atoms with Gasteiger partial charge in [0.05, 0.1) is 26.4 Å². The average molecular weight is 541 g/mol. The highest BCUT2D eigenvalue weighted by Crippen LogP contribution is 2.27. The van der Waals surface area contributed by atoms with Crippen molar-refractivity contribution >= 4 is 51.4 Å². The normalized spacial score (nSPS) is 14.1. The summed E-state index contributed by atoms with van der Waals surface area (Å²) in [5.74, 6) is 0.739. The first-order chi connectivity index (χ1) is 18.6. The van der Waals surface area contributed by atoms with Gasteiger partial charge in [-0.1, -0.05) is 35.9 Å². The third-order valence-corrected chi connectivity index (χ3v) is 7.86. The van der Waals surface area contributed by atoms with E-state index in [4.69, 9.17) is 16.6 Å². The van der Waals surface area contributed by atoms with Crippen LogP contribution in [-0.2, 0) is 6.54 Å². The SMILES string of the molecule is O=C(Nc1ccc(-c2ccc3ncc(N4CCN(Cc5cccnc5)CC4)nc3c2)cc1)c1ccc(Cl)s1. The Balaban J connectivity index is 1.13. The number of rotatable bonds is 6. The van der Waals surface area contributed by atoms with Crippen LogP contribution in [0.25, 0.3) is 22.2 Å². The van der Waals surface area contributed by atoms with Crippen LogP contribution in [0.2, 0.25) is 4.34 Å². The van der Waals surface area contributed by atoms with Crippen LogP contribution in [0.5, 0.6) is 0 Å². The van der Waals surface area contributed by atoms with E-state index in [2.05, 4.69) is 43.3 Å². The lowest BCUT2D eigenvalue weighted by Crippen LogP contribution is -2.46. The Morgan fingerprint density at radius 2 is 1.74 bits per heavy atom. The van der Waals surface area contributed by atoms with Crippen molar-refractivity contribution in [1.29, 1.82) is 0 Å².